The molecule has 1 saturated heterocycles. The van der Waals surface area contributed by atoms with Gasteiger partial charge in [-0.25, -0.2) is 14.8 Å². The minimum absolute atomic E-state index is 0.226. The summed E-state index contributed by atoms with van der Waals surface area (Å²) in [6.07, 6.45) is 6.06. The zero-order valence-electron chi connectivity index (χ0n) is 13.7. The first-order chi connectivity index (χ1) is 11.6. The summed E-state index contributed by atoms with van der Waals surface area (Å²) in [5.74, 6) is 0. The van der Waals surface area contributed by atoms with Gasteiger partial charge in [-0.2, -0.15) is 0 Å². The summed E-state index contributed by atoms with van der Waals surface area (Å²) in [4.78, 5) is 15.1. The van der Waals surface area contributed by atoms with Crippen molar-refractivity contribution in [1.29, 1.82) is 0 Å². The maximum absolute atomic E-state index is 12.1. The van der Waals surface area contributed by atoms with E-state index in [1.165, 1.54) is 12.8 Å². The zero-order chi connectivity index (χ0) is 16.9. The second-order valence-electron chi connectivity index (χ2n) is 5.79. The molecule has 2 heterocycles. The highest BCUT2D eigenvalue weighted by molar-refractivity contribution is 7.71. The van der Waals surface area contributed by atoms with E-state index in [1.54, 1.807) is 6.20 Å². The van der Waals surface area contributed by atoms with Crippen LogP contribution < -0.4 is 10.6 Å². The van der Waals surface area contributed by atoms with Crippen molar-refractivity contribution in [3.8, 4) is 5.69 Å². The lowest BCUT2D eigenvalue weighted by Gasteiger charge is -2.27. The molecule has 128 valence electrons. The number of H-pyrrole nitrogens is 1. The number of hydrazine groups is 1. The number of benzene rings is 1. The van der Waals surface area contributed by atoms with Crippen molar-refractivity contribution in [2.75, 3.05) is 32.1 Å². The number of carbonyl (C=O) groups is 1. The number of hydrogen-bond acceptors (Lipinski definition) is 4. The molecule has 1 fully saturated rings. The molecule has 0 saturated carbocycles. The Balaban J connectivity index is 1.56. The van der Waals surface area contributed by atoms with Crippen LogP contribution in [0.2, 0.25) is 0 Å². The van der Waals surface area contributed by atoms with Gasteiger partial charge in [0.1, 0.15) is 0 Å². The topological polar surface area (TPSA) is 68.3 Å². The first kappa shape index (κ1) is 16.7. The van der Waals surface area contributed by atoms with Crippen LogP contribution in [-0.4, -0.2) is 52.4 Å². The molecule has 1 aliphatic heterocycles. The Morgan fingerprint density at radius 1 is 1.38 bits per heavy atom. The van der Waals surface area contributed by atoms with Crippen LogP contribution >= 0.6 is 12.2 Å². The van der Waals surface area contributed by atoms with Gasteiger partial charge in [0.2, 0.25) is 0 Å². The van der Waals surface area contributed by atoms with Crippen LogP contribution in [0.4, 0.5) is 10.5 Å². The molecular weight excluding hydrogens is 324 g/mol. The Kier molecular flexibility index (Phi) is 5.29. The fourth-order valence-electron chi connectivity index (χ4n) is 2.76. The summed E-state index contributed by atoms with van der Waals surface area (Å²) < 4.78 is 2.46. The normalized spacial score (nSPS) is 14.9. The van der Waals surface area contributed by atoms with Gasteiger partial charge in [0, 0.05) is 43.9 Å². The number of urea groups is 1. The highest BCUT2D eigenvalue weighted by atomic mass is 32.1. The molecule has 2 aromatic rings. The zero-order valence-corrected chi connectivity index (χ0v) is 14.5. The molecule has 1 aliphatic rings. The quantitative estimate of drug-likeness (QED) is 0.575. The largest absolute Gasteiger partial charge is 0.337 e. The number of aromatic nitrogens is 2. The Labute approximate surface area is 146 Å². The third kappa shape index (κ3) is 4.02. The number of rotatable bonds is 5. The lowest BCUT2D eigenvalue weighted by molar-refractivity contribution is 0.0204. The van der Waals surface area contributed by atoms with Crippen molar-refractivity contribution < 1.29 is 4.79 Å². The molecule has 24 heavy (non-hydrogen) atoms. The summed E-state index contributed by atoms with van der Waals surface area (Å²) in [5, 5.41) is 10.0. The predicted molar refractivity (Wildman–Crippen MR) is 96.5 cm³/mol. The van der Waals surface area contributed by atoms with Crippen molar-refractivity contribution >= 4 is 23.9 Å². The highest BCUT2D eigenvalue weighted by Crippen LogP contribution is 2.15. The van der Waals surface area contributed by atoms with E-state index in [0.29, 0.717) is 11.4 Å². The highest BCUT2D eigenvalue weighted by Gasteiger charge is 2.16. The van der Waals surface area contributed by atoms with Gasteiger partial charge in [0.05, 0.1) is 6.67 Å². The number of imidazole rings is 1. The summed E-state index contributed by atoms with van der Waals surface area (Å²) in [6, 6.07) is 7.33. The number of carbonyl (C=O) groups excluding carboxylic acids is 1. The minimum Gasteiger partial charge on any atom is -0.337 e. The minimum atomic E-state index is -0.226. The van der Waals surface area contributed by atoms with Gasteiger partial charge in [-0.15, -0.1) is 0 Å². The van der Waals surface area contributed by atoms with Gasteiger partial charge < -0.3 is 15.6 Å². The molecule has 7 nitrogen and oxygen atoms in total. The molecule has 3 rings (SSSR count). The predicted octanol–water partition coefficient (Wildman–Crippen LogP) is 2.56. The summed E-state index contributed by atoms with van der Waals surface area (Å²) in [7, 11) is 1.99. The van der Waals surface area contributed by atoms with E-state index >= 15 is 0 Å². The third-order valence-corrected chi connectivity index (χ3v) is 4.38. The average Bonchev–Trinajstić information content (AvgIpc) is 3.24. The van der Waals surface area contributed by atoms with Crippen LogP contribution in [-0.2, 0) is 0 Å². The number of amides is 2. The van der Waals surface area contributed by atoms with E-state index in [-0.39, 0.29) is 6.03 Å². The summed E-state index contributed by atoms with van der Waals surface area (Å²) in [5.41, 5.74) is 1.62. The van der Waals surface area contributed by atoms with Crippen LogP contribution in [0.5, 0.6) is 0 Å². The van der Waals surface area contributed by atoms with Crippen LogP contribution in [0.25, 0.3) is 5.69 Å². The lowest BCUT2D eigenvalue weighted by atomic mass is 10.3. The Morgan fingerprint density at radius 2 is 2.17 bits per heavy atom. The van der Waals surface area contributed by atoms with Gasteiger partial charge in [-0.3, -0.25) is 4.57 Å². The lowest BCUT2D eigenvalue weighted by Crippen LogP contribution is -2.45. The van der Waals surface area contributed by atoms with Crippen LogP contribution in [0, 0.1) is 4.77 Å². The van der Waals surface area contributed by atoms with Crippen molar-refractivity contribution in [3.05, 3.63) is 41.4 Å². The molecule has 2 amide bonds. The first-order valence-corrected chi connectivity index (χ1v) is 8.41. The Bertz CT molecular complexity index is 749. The van der Waals surface area contributed by atoms with Crippen LogP contribution in [0.3, 0.4) is 0 Å². The number of anilines is 1. The molecule has 0 radical (unpaired) electrons. The van der Waals surface area contributed by atoms with Crippen molar-refractivity contribution in [2.24, 2.45) is 0 Å². The molecule has 0 bridgehead atoms. The molecule has 1 aromatic heterocycles. The molecule has 0 aliphatic carbocycles. The third-order valence-electron chi connectivity index (χ3n) is 4.07. The van der Waals surface area contributed by atoms with E-state index in [4.69, 9.17) is 12.2 Å². The van der Waals surface area contributed by atoms with Crippen molar-refractivity contribution in [3.63, 3.8) is 0 Å². The van der Waals surface area contributed by atoms with E-state index in [0.717, 1.165) is 24.5 Å². The van der Waals surface area contributed by atoms with Crippen molar-refractivity contribution in [1.82, 2.24) is 24.9 Å². The SMILES string of the molecule is CN(CNC(=O)Nc1cccc(-n2cc[nH]c2=S)c1)N1CCCC1. The smallest absolute Gasteiger partial charge is 0.320 e. The van der Waals surface area contributed by atoms with Gasteiger partial charge >= 0.3 is 6.03 Å². The van der Waals surface area contributed by atoms with E-state index < -0.39 is 0 Å². The molecule has 8 heteroatoms. The second kappa shape index (κ2) is 7.61. The van der Waals surface area contributed by atoms with Gasteiger partial charge in [-0.1, -0.05) is 6.07 Å². The standard InChI is InChI=1S/C16H22N6OS/c1-20(21-8-2-3-9-21)12-18-15(23)19-13-5-4-6-14(11-13)22-10-7-17-16(22)24/h4-7,10-11H,2-3,8-9,12H2,1H3,(H,17,24)(H2,18,19,23). The summed E-state index contributed by atoms with van der Waals surface area (Å²) in [6.45, 7) is 2.59. The fourth-order valence-corrected chi connectivity index (χ4v) is 2.99. The van der Waals surface area contributed by atoms with Crippen LogP contribution in [0.15, 0.2) is 36.7 Å². The molecular formula is C16H22N6OS. The second-order valence-corrected chi connectivity index (χ2v) is 6.18. The molecule has 3 N–H and O–H groups in total. The van der Waals surface area contributed by atoms with Crippen LogP contribution in [0.1, 0.15) is 12.8 Å². The number of aromatic amines is 1. The molecule has 0 atom stereocenters. The Morgan fingerprint density at radius 3 is 2.88 bits per heavy atom. The average molecular weight is 346 g/mol. The number of nitrogens with zero attached hydrogens (tertiary/aromatic N) is 3. The number of nitrogens with one attached hydrogen (secondary N) is 3. The van der Waals surface area contributed by atoms with Gasteiger partial charge in [-0.05, 0) is 43.3 Å². The molecule has 1 aromatic carbocycles. The van der Waals surface area contributed by atoms with E-state index in [1.807, 2.05) is 47.1 Å². The first-order valence-electron chi connectivity index (χ1n) is 8.01. The fraction of sp³-hybridized carbons (Fsp3) is 0.375. The van der Waals surface area contributed by atoms with E-state index in [9.17, 15) is 4.79 Å². The van der Waals surface area contributed by atoms with Gasteiger partial charge in [0.15, 0.2) is 4.77 Å². The molecule has 0 unspecified atom stereocenters. The van der Waals surface area contributed by atoms with Crippen molar-refractivity contribution in [2.45, 2.75) is 12.8 Å². The molecule has 0 spiro atoms. The Hall–Kier alpha value is -2.16. The van der Waals surface area contributed by atoms with E-state index in [2.05, 4.69) is 20.6 Å². The number of hydrogen-bond donors (Lipinski definition) is 3. The maximum Gasteiger partial charge on any atom is 0.320 e. The summed E-state index contributed by atoms with van der Waals surface area (Å²) >= 11 is 5.22. The monoisotopic (exact) mass is 346 g/mol. The maximum atomic E-state index is 12.1. The van der Waals surface area contributed by atoms with Gasteiger partial charge in [0.25, 0.3) is 0 Å².